The van der Waals surface area contributed by atoms with Gasteiger partial charge in [-0.3, -0.25) is 4.79 Å². The van der Waals surface area contributed by atoms with E-state index in [9.17, 15) is 4.79 Å². The minimum absolute atomic E-state index is 0.147. The molecule has 8 nitrogen and oxygen atoms in total. The van der Waals surface area contributed by atoms with Gasteiger partial charge < -0.3 is 23.6 Å². The second kappa shape index (κ2) is 12.3. The molecule has 4 aromatic rings. The molecule has 0 atom stereocenters. The number of nitrogens with zero attached hydrogens (tertiary/aromatic N) is 3. The van der Waals surface area contributed by atoms with E-state index in [1.165, 1.54) is 0 Å². The molecule has 0 unspecified atom stereocenters. The van der Waals surface area contributed by atoms with Gasteiger partial charge in [0.1, 0.15) is 0 Å². The largest absolute Gasteiger partial charge is 0.493 e. The van der Waals surface area contributed by atoms with Gasteiger partial charge in [0.2, 0.25) is 17.5 Å². The molecule has 0 fully saturated rings. The van der Waals surface area contributed by atoms with Crippen molar-refractivity contribution in [3.8, 4) is 28.6 Å². The summed E-state index contributed by atoms with van der Waals surface area (Å²) >= 11 is 6.32. The van der Waals surface area contributed by atoms with Crippen molar-refractivity contribution in [2.45, 2.75) is 12.8 Å². The maximum absolute atomic E-state index is 13.4. The average molecular weight is 522 g/mol. The predicted molar refractivity (Wildman–Crippen MR) is 141 cm³/mol. The van der Waals surface area contributed by atoms with E-state index in [1.54, 1.807) is 62.6 Å². The predicted octanol–water partition coefficient (Wildman–Crippen LogP) is 5.34. The first kappa shape index (κ1) is 26.0. The molecule has 0 radical (unpaired) electrons. The van der Waals surface area contributed by atoms with Crippen LogP contribution in [0.25, 0.3) is 11.4 Å². The number of aromatic nitrogens is 2. The summed E-state index contributed by atoms with van der Waals surface area (Å²) in [6.45, 7) is 0.899. The van der Waals surface area contributed by atoms with E-state index < -0.39 is 0 Å². The zero-order valence-corrected chi connectivity index (χ0v) is 21.7. The van der Waals surface area contributed by atoms with E-state index in [-0.39, 0.29) is 5.91 Å². The van der Waals surface area contributed by atoms with Crippen molar-refractivity contribution in [3.63, 3.8) is 0 Å². The Morgan fingerprint density at radius 1 is 0.892 bits per heavy atom. The Hall–Kier alpha value is -4.04. The number of ether oxygens (including phenoxy) is 3. The Morgan fingerprint density at radius 3 is 2.19 bits per heavy atom. The van der Waals surface area contributed by atoms with E-state index in [4.69, 9.17) is 30.3 Å². The standard InChI is InChI=1S/C28H28ClN3O5/c1-34-23-17-20(18-24(35-2)26(23)36-3)27-30-25(37-31-27)14-16-32(15-13-19-9-5-4-6-10-19)28(33)21-11-7-8-12-22(21)29/h4-12,17-18H,13-16H2,1-3H3. The second-order valence-electron chi connectivity index (χ2n) is 8.18. The Balaban J connectivity index is 1.52. The molecular weight excluding hydrogens is 494 g/mol. The summed E-state index contributed by atoms with van der Waals surface area (Å²) in [4.78, 5) is 19.7. The summed E-state index contributed by atoms with van der Waals surface area (Å²) in [7, 11) is 4.63. The first-order valence-electron chi connectivity index (χ1n) is 11.7. The fourth-order valence-corrected chi connectivity index (χ4v) is 4.16. The van der Waals surface area contributed by atoms with Crippen LogP contribution in [0.4, 0.5) is 0 Å². The molecule has 192 valence electrons. The third-order valence-electron chi connectivity index (χ3n) is 5.89. The van der Waals surface area contributed by atoms with E-state index in [0.29, 0.717) is 71.0 Å². The number of amides is 1. The number of benzene rings is 3. The zero-order valence-electron chi connectivity index (χ0n) is 20.9. The molecule has 0 aliphatic carbocycles. The van der Waals surface area contributed by atoms with Gasteiger partial charge in [-0.05, 0) is 36.2 Å². The van der Waals surface area contributed by atoms with Crippen LogP contribution in [0.2, 0.25) is 5.02 Å². The molecule has 0 aliphatic heterocycles. The third-order valence-corrected chi connectivity index (χ3v) is 6.22. The lowest BCUT2D eigenvalue weighted by Crippen LogP contribution is -2.35. The maximum Gasteiger partial charge on any atom is 0.255 e. The van der Waals surface area contributed by atoms with Crippen molar-refractivity contribution in [2.24, 2.45) is 0 Å². The number of carbonyl (C=O) groups excluding carboxylic acids is 1. The van der Waals surface area contributed by atoms with Gasteiger partial charge in [-0.15, -0.1) is 0 Å². The highest BCUT2D eigenvalue weighted by Crippen LogP contribution is 2.40. The summed E-state index contributed by atoms with van der Waals surface area (Å²) in [5.41, 5.74) is 2.25. The minimum atomic E-state index is -0.147. The highest BCUT2D eigenvalue weighted by Gasteiger charge is 2.21. The normalized spacial score (nSPS) is 10.7. The fraction of sp³-hybridized carbons (Fsp3) is 0.250. The van der Waals surface area contributed by atoms with Gasteiger partial charge in [-0.25, -0.2) is 0 Å². The highest BCUT2D eigenvalue weighted by molar-refractivity contribution is 6.33. The van der Waals surface area contributed by atoms with Crippen LogP contribution >= 0.6 is 11.6 Å². The van der Waals surface area contributed by atoms with Gasteiger partial charge in [-0.2, -0.15) is 4.98 Å². The Morgan fingerprint density at radius 2 is 1.54 bits per heavy atom. The third kappa shape index (κ3) is 6.21. The number of halogens is 1. The highest BCUT2D eigenvalue weighted by atomic mass is 35.5. The summed E-state index contributed by atoms with van der Waals surface area (Å²) < 4.78 is 21.7. The summed E-state index contributed by atoms with van der Waals surface area (Å²) in [5, 5.41) is 4.54. The lowest BCUT2D eigenvalue weighted by molar-refractivity contribution is 0.0756. The van der Waals surface area contributed by atoms with Crippen molar-refractivity contribution >= 4 is 17.5 Å². The average Bonchev–Trinajstić information content (AvgIpc) is 3.41. The first-order chi connectivity index (χ1) is 18.0. The lowest BCUT2D eigenvalue weighted by atomic mass is 10.1. The Bertz CT molecular complexity index is 1320. The summed E-state index contributed by atoms with van der Waals surface area (Å²) in [6.07, 6.45) is 1.08. The topological polar surface area (TPSA) is 86.9 Å². The van der Waals surface area contributed by atoms with Gasteiger partial charge >= 0.3 is 0 Å². The van der Waals surface area contributed by atoms with Crippen molar-refractivity contribution in [2.75, 3.05) is 34.4 Å². The van der Waals surface area contributed by atoms with Crippen LogP contribution < -0.4 is 14.2 Å². The molecule has 1 heterocycles. The number of methoxy groups -OCH3 is 3. The van der Waals surface area contributed by atoms with Gasteiger partial charge in [0.05, 0.1) is 31.9 Å². The minimum Gasteiger partial charge on any atom is -0.493 e. The molecular formula is C28H28ClN3O5. The molecule has 0 N–H and O–H groups in total. The van der Waals surface area contributed by atoms with Gasteiger partial charge in [0, 0.05) is 25.1 Å². The molecule has 1 amide bonds. The molecule has 9 heteroatoms. The van der Waals surface area contributed by atoms with Crippen LogP contribution in [-0.2, 0) is 12.8 Å². The van der Waals surface area contributed by atoms with Crippen LogP contribution in [0.1, 0.15) is 21.8 Å². The molecule has 1 aromatic heterocycles. The summed E-state index contributed by atoms with van der Waals surface area (Å²) in [5.74, 6) is 2.08. The van der Waals surface area contributed by atoms with Crippen LogP contribution in [0, 0.1) is 0 Å². The van der Waals surface area contributed by atoms with E-state index >= 15 is 0 Å². The molecule has 0 bridgehead atoms. The molecule has 3 aromatic carbocycles. The lowest BCUT2D eigenvalue weighted by Gasteiger charge is -2.23. The second-order valence-corrected chi connectivity index (χ2v) is 8.59. The van der Waals surface area contributed by atoms with E-state index in [0.717, 1.165) is 5.56 Å². The molecule has 0 spiro atoms. The van der Waals surface area contributed by atoms with E-state index in [2.05, 4.69) is 10.1 Å². The monoisotopic (exact) mass is 521 g/mol. The molecule has 4 rings (SSSR count). The van der Waals surface area contributed by atoms with Crippen LogP contribution in [0.5, 0.6) is 17.2 Å². The van der Waals surface area contributed by atoms with Gasteiger partial charge in [0.15, 0.2) is 11.5 Å². The molecule has 37 heavy (non-hydrogen) atoms. The number of hydrogen-bond donors (Lipinski definition) is 0. The van der Waals surface area contributed by atoms with Crippen LogP contribution in [0.3, 0.4) is 0 Å². The van der Waals surface area contributed by atoms with Crippen molar-refractivity contribution in [1.29, 1.82) is 0 Å². The van der Waals surface area contributed by atoms with Crippen molar-refractivity contribution in [1.82, 2.24) is 15.0 Å². The summed E-state index contributed by atoms with van der Waals surface area (Å²) in [6, 6.07) is 20.6. The van der Waals surface area contributed by atoms with Gasteiger partial charge in [0.25, 0.3) is 5.91 Å². The van der Waals surface area contributed by atoms with Crippen molar-refractivity contribution in [3.05, 3.63) is 88.8 Å². The number of hydrogen-bond acceptors (Lipinski definition) is 7. The number of carbonyl (C=O) groups is 1. The van der Waals surface area contributed by atoms with Crippen LogP contribution in [0.15, 0.2) is 71.3 Å². The molecule has 0 aliphatic rings. The maximum atomic E-state index is 13.4. The number of rotatable bonds is 11. The Kier molecular flexibility index (Phi) is 8.64. The molecule has 0 saturated heterocycles. The zero-order chi connectivity index (χ0) is 26.2. The quantitative estimate of drug-likeness (QED) is 0.263. The van der Waals surface area contributed by atoms with Crippen molar-refractivity contribution < 1.29 is 23.5 Å². The molecule has 0 saturated carbocycles. The smallest absolute Gasteiger partial charge is 0.255 e. The fourth-order valence-electron chi connectivity index (χ4n) is 3.94. The SMILES string of the molecule is COc1cc(-c2noc(CCN(CCc3ccccc3)C(=O)c3ccccc3Cl)n2)cc(OC)c1OC. The van der Waals surface area contributed by atoms with E-state index in [1.807, 2.05) is 30.3 Å². The van der Waals surface area contributed by atoms with Gasteiger partial charge in [-0.1, -0.05) is 59.2 Å². The van der Waals surface area contributed by atoms with Crippen LogP contribution in [-0.4, -0.2) is 55.4 Å². The Labute approximate surface area is 220 Å². The first-order valence-corrected chi connectivity index (χ1v) is 12.1.